The van der Waals surface area contributed by atoms with E-state index in [9.17, 15) is 4.79 Å². The van der Waals surface area contributed by atoms with Crippen molar-refractivity contribution in [1.29, 1.82) is 0 Å². The lowest BCUT2D eigenvalue weighted by Gasteiger charge is -2.32. The maximum Gasteiger partial charge on any atom is 0.255 e. The summed E-state index contributed by atoms with van der Waals surface area (Å²) in [5, 5.41) is 4.89. The predicted molar refractivity (Wildman–Crippen MR) is 141 cm³/mol. The predicted octanol–water partition coefficient (Wildman–Crippen LogP) is 2.49. The summed E-state index contributed by atoms with van der Waals surface area (Å²) in [4.78, 5) is 19.1. The number of halogens is 2. The molecule has 4 aromatic rings. The lowest BCUT2D eigenvalue weighted by Crippen LogP contribution is -2.44. The maximum atomic E-state index is 15.6. The summed E-state index contributed by atoms with van der Waals surface area (Å²) in [5.74, 6) is -0.0520. The van der Waals surface area contributed by atoms with Gasteiger partial charge in [-0.2, -0.15) is 5.10 Å². The fourth-order valence-electron chi connectivity index (χ4n) is 4.73. The first-order chi connectivity index (χ1) is 17.2. The summed E-state index contributed by atoms with van der Waals surface area (Å²) in [6.07, 6.45) is 3.52. The lowest BCUT2D eigenvalue weighted by molar-refractivity contribution is 0.0729. The standard InChI is InChI=1S/C25H24B2ClFN4O3/c1-32-12-17-15(5-6-21(22(17)31-32)36-9-8-35-2)14-10-19(28)18(20(29)11-14)13-33-24(34)16-4-3-7-30-23(16)25(33,26)27/h3-7,10-12H,8-9,13,26-27H2,1-2H3. The van der Waals surface area contributed by atoms with Crippen LogP contribution in [0, 0.1) is 5.82 Å². The van der Waals surface area contributed by atoms with E-state index in [4.69, 9.17) is 21.1 Å². The number of aromatic nitrogens is 3. The Morgan fingerprint density at radius 2 is 1.97 bits per heavy atom. The molecule has 0 radical (unpaired) electrons. The molecule has 7 nitrogen and oxygen atoms in total. The fraction of sp³-hybridized carbons (Fsp3) is 0.240. The number of nitrogens with zero attached hydrogens (tertiary/aromatic N) is 4. The molecule has 0 atom stereocenters. The number of aryl methyl sites for hydroxylation is 1. The zero-order valence-electron chi connectivity index (χ0n) is 20.5. The van der Waals surface area contributed by atoms with Gasteiger partial charge in [0.25, 0.3) is 5.91 Å². The normalized spacial score (nSPS) is 14.4. The first-order valence-corrected chi connectivity index (χ1v) is 11.9. The van der Waals surface area contributed by atoms with E-state index < -0.39 is 11.2 Å². The van der Waals surface area contributed by atoms with Crippen molar-refractivity contribution in [3.05, 3.63) is 76.5 Å². The van der Waals surface area contributed by atoms with E-state index in [2.05, 4.69) is 10.1 Å². The molecule has 0 fully saturated rings. The minimum atomic E-state index is -0.692. The number of carbonyl (C=O) groups excluding carboxylic acids is 1. The third kappa shape index (κ3) is 4.04. The zero-order valence-corrected chi connectivity index (χ0v) is 21.3. The number of ether oxygens (including phenoxy) is 2. The van der Waals surface area contributed by atoms with Crippen LogP contribution in [0.1, 0.15) is 21.6 Å². The van der Waals surface area contributed by atoms with Crippen molar-refractivity contribution in [2.45, 2.75) is 11.9 Å². The Bertz CT molecular complexity index is 1470. The molecule has 1 aliphatic rings. The van der Waals surface area contributed by atoms with Crippen molar-refractivity contribution >= 4 is 44.1 Å². The second-order valence-corrected chi connectivity index (χ2v) is 9.69. The molecule has 36 heavy (non-hydrogen) atoms. The van der Waals surface area contributed by atoms with Gasteiger partial charge in [-0.15, -0.1) is 0 Å². The van der Waals surface area contributed by atoms with Gasteiger partial charge in [0.15, 0.2) is 0 Å². The molecule has 0 spiro atoms. The number of benzene rings is 2. The number of rotatable bonds is 7. The molecule has 11 heteroatoms. The molecule has 2 aromatic heterocycles. The highest BCUT2D eigenvalue weighted by molar-refractivity contribution is 6.42. The first-order valence-electron chi connectivity index (χ1n) is 11.6. The maximum absolute atomic E-state index is 15.6. The van der Waals surface area contributed by atoms with E-state index in [1.807, 2.05) is 41.1 Å². The molecule has 0 N–H and O–H groups in total. The van der Waals surface area contributed by atoms with Crippen molar-refractivity contribution in [3.8, 4) is 16.9 Å². The summed E-state index contributed by atoms with van der Waals surface area (Å²) in [6, 6.07) is 10.3. The second-order valence-electron chi connectivity index (χ2n) is 9.29. The van der Waals surface area contributed by atoms with Crippen LogP contribution < -0.4 is 4.74 Å². The van der Waals surface area contributed by atoms with Gasteiger partial charge in [0, 0.05) is 54.4 Å². The van der Waals surface area contributed by atoms with Gasteiger partial charge in [0.1, 0.15) is 39.4 Å². The summed E-state index contributed by atoms with van der Waals surface area (Å²) in [7, 11) is 7.24. The van der Waals surface area contributed by atoms with Crippen LogP contribution >= 0.6 is 11.6 Å². The zero-order chi connectivity index (χ0) is 25.6. The molecular weight excluding hydrogens is 480 g/mol. The minimum Gasteiger partial charge on any atom is -0.489 e. The summed E-state index contributed by atoms with van der Waals surface area (Å²) in [5.41, 5.74) is 3.52. The number of amides is 1. The Morgan fingerprint density at radius 1 is 1.17 bits per heavy atom. The molecule has 5 rings (SSSR count). The van der Waals surface area contributed by atoms with Gasteiger partial charge >= 0.3 is 0 Å². The van der Waals surface area contributed by atoms with E-state index in [1.54, 1.807) is 41.1 Å². The van der Waals surface area contributed by atoms with Crippen molar-refractivity contribution in [3.63, 3.8) is 0 Å². The number of hydrogen-bond donors (Lipinski definition) is 0. The SMILES string of the molecule is BC1(B)c2ncccc2C(=O)N1Cc1c(F)cc(-c2ccc(OCCOC)c3nn(C)cc23)cc1Cl. The Hall–Kier alpha value is -3.36. The largest absolute Gasteiger partial charge is 0.489 e. The van der Waals surface area contributed by atoms with E-state index in [0.717, 1.165) is 10.9 Å². The van der Waals surface area contributed by atoms with Crippen LogP contribution in [0.3, 0.4) is 0 Å². The quantitative estimate of drug-likeness (QED) is 0.286. The average Bonchev–Trinajstić information content (AvgIpc) is 3.32. The Kier molecular flexibility index (Phi) is 6.26. The van der Waals surface area contributed by atoms with Crippen molar-refractivity contribution < 1.29 is 18.7 Å². The summed E-state index contributed by atoms with van der Waals surface area (Å²) in [6.45, 7) is 0.874. The summed E-state index contributed by atoms with van der Waals surface area (Å²) >= 11 is 6.63. The van der Waals surface area contributed by atoms with Crippen LogP contribution in [0.25, 0.3) is 22.0 Å². The number of hydrogen-bond acceptors (Lipinski definition) is 5. The van der Waals surface area contributed by atoms with Gasteiger partial charge in [0.05, 0.1) is 17.9 Å². The Labute approximate surface area is 215 Å². The van der Waals surface area contributed by atoms with E-state index in [1.165, 1.54) is 6.07 Å². The molecule has 0 saturated carbocycles. The number of fused-ring (bicyclic) bond motifs is 2. The average molecular weight is 505 g/mol. The molecule has 2 aromatic carbocycles. The van der Waals surface area contributed by atoms with Crippen molar-refractivity contribution in [1.82, 2.24) is 19.7 Å². The monoisotopic (exact) mass is 504 g/mol. The first kappa shape index (κ1) is 24.3. The number of pyridine rings is 1. The molecule has 0 aliphatic carbocycles. The number of methoxy groups -OCH3 is 1. The molecular formula is C25H24B2ClFN4O3. The molecule has 3 heterocycles. The second kappa shape index (κ2) is 9.26. The molecule has 0 unspecified atom stereocenters. The van der Waals surface area contributed by atoms with Crippen LogP contribution in [0.15, 0.2) is 48.8 Å². The summed E-state index contributed by atoms with van der Waals surface area (Å²) < 4.78 is 28.1. The van der Waals surface area contributed by atoms with Crippen LogP contribution in [-0.4, -0.2) is 61.6 Å². The molecule has 1 aliphatic heterocycles. The van der Waals surface area contributed by atoms with E-state index in [0.29, 0.717) is 41.3 Å². The van der Waals surface area contributed by atoms with Gasteiger partial charge in [0.2, 0.25) is 0 Å². The topological polar surface area (TPSA) is 69.5 Å². The van der Waals surface area contributed by atoms with Gasteiger partial charge in [-0.25, -0.2) is 4.39 Å². The fourth-order valence-corrected chi connectivity index (χ4v) is 5.00. The van der Waals surface area contributed by atoms with E-state index >= 15 is 4.39 Å². The molecule has 0 bridgehead atoms. The highest BCUT2D eigenvalue weighted by Crippen LogP contribution is 2.39. The lowest BCUT2D eigenvalue weighted by atomic mass is 9.59. The van der Waals surface area contributed by atoms with Crippen LogP contribution in [-0.2, 0) is 23.7 Å². The van der Waals surface area contributed by atoms with Crippen molar-refractivity contribution in [2.75, 3.05) is 20.3 Å². The third-order valence-electron chi connectivity index (χ3n) is 6.60. The van der Waals surface area contributed by atoms with E-state index in [-0.39, 0.29) is 23.0 Å². The molecule has 182 valence electrons. The van der Waals surface area contributed by atoms with Crippen LogP contribution in [0.5, 0.6) is 5.75 Å². The molecule has 1 amide bonds. The highest BCUT2D eigenvalue weighted by Gasteiger charge is 2.44. The van der Waals surface area contributed by atoms with Gasteiger partial charge < -0.3 is 14.4 Å². The molecule has 0 saturated heterocycles. The van der Waals surface area contributed by atoms with Crippen LogP contribution in [0.2, 0.25) is 5.02 Å². The van der Waals surface area contributed by atoms with Gasteiger partial charge in [-0.05, 0) is 47.5 Å². The van der Waals surface area contributed by atoms with Gasteiger partial charge in [-0.1, -0.05) is 11.6 Å². The highest BCUT2D eigenvalue weighted by atomic mass is 35.5. The Morgan fingerprint density at radius 3 is 2.69 bits per heavy atom. The van der Waals surface area contributed by atoms with Crippen LogP contribution in [0.4, 0.5) is 4.39 Å². The van der Waals surface area contributed by atoms with Gasteiger partial charge in [-0.3, -0.25) is 14.5 Å². The van der Waals surface area contributed by atoms with Crippen molar-refractivity contribution in [2.24, 2.45) is 7.05 Å². The minimum absolute atomic E-state index is 0.0295. The number of carbonyl (C=O) groups is 1. The smallest absolute Gasteiger partial charge is 0.255 e. The third-order valence-corrected chi connectivity index (χ3v) is 6.94. The Balaban J connectivity index is 1.50.